The fraction of sp³-hybridized carbons (Fsp3) is 0.296. The van der Waals surface area contributed by atoms with Gasteiger partial charge < -0.3 is 29.2 Å². The number of esters is 1. The zero-order valence-corrected chi connectivity index (χ0v) is 21.4. The van der Waals surface area contributed by atoms with Crippen molar-refractivity contribution in [2.75, 3.05) is 14.2 Å². The Bertz CT molecular complexity index is 1250. The van der Waals surface area contributed by atoms with Crippen molar-refractivity contribution in [3.05, 3.63) is 74.3 Å². The van der Waals surface area contributed by atoms with Crippen LogP contribution in [-0.4, -0.2) is 30.4 Å². The van der Waals surface area contributed by atoms with Crippen molar-refractivity contribution in [3.63, 3.8) is 0 Å². The third-order valence-corrected chi connectivity index (χ3v) is 6.18. The highest BCUT2D eigenvalue weighted by Gasteiger charge is 2.28. The van der Waals surface area contributed by atoms with Gasteiger partial charge in [-0.2, -0.15) is 0 Å². The smallest absolute Gasteiger partial charge is 0.342 e. The first-order valence-corrected chi connectivity index (χ1v) is 11.3. The number of rotatable bonds is 8. The first kappa shape index (κ1) is 26.2. The lowest BCUT2D eigenvalue weighted by atomic mass is 10.00. The van der Waals surface area contributed by atoms with Crippen molar-refractivity contribution in [2.24, 2.45) is 0 Å². The van der Waals surface area contributed by atoms with E-state index in [4.69, 9.17) is 30.5 Å². The molecule has 3 aromatic rings. The molecule has 0 aromatic heterocycles. The van der Waals surface area contributed by atoms with Gasteiger partial charge in [0, 0.05) is 27.3 Å². The molecule has 35 heavy (non-hydrogen) atoms. The van der Waals surface area contributed by atoms with E-state index in [-0.39, 0.29) is 36.0 Å². The maximum Gasteiger partial charge on any atom is 0.342 e. The summed E-state index contributed by atoms with van der Waals surface area (Å²) in [7, 11) is 2.81. The monoisotopic (exact) mass is 500 g/mol. The maximum absolute atomic E-state index is 12.8. The second kappa shape index (κ2) is 10.9. The van der Waals surface area contributed by atoms with E-state index in [1.54, 1.807) is 46.1 Å². The zero-order valence-electron chi connectivity index (χ0n) is 20.6. The number of benzene rings is 3. The number of phenols is 1. The summed E-state index contributed by atoms with van der Waals surface area (Å²) in [5.41, 5.74) is 3.54. The van der Waals surface area contributed by atoms with Crippen LogP contribution < -0.4 is 14.2 Å². The Morgan fingerprint density at radius 3 is 2.17 bits per heavy atom. The van der Waals surface area contributed by atoms with Crippen LogP contribution in [0.25, 0.3) is 0 Å². The highest BCUT2D eigenvalue weighted by atomic mass is 35.5. The average Bonchev–Trinajstić information content (AvgIpc) is 2.85. The molecule has 0 spiro atoms. The van der Waals surface area contributed by atoms with Crippen LogP contribution in [0.2, 0.25) is 5.02 Å². The van der Waals surface area contributed by atoms with Crippen molar-refractivity contribution in [1.29, 1.82) is 0 Å². The number of aryl methyl sites for hydroxylation is 1. The molecule has 186 valence electrons. The van der Waals surface area contributed by atoms with Gasteiger partial charge in [-0.05, 0) is 57.0 Å². The molecule has 3 aromatic carbocycles. The Hall–Kier alpha value is -3.42. The number of phenolic OH excluding ortho intramolecular Hbond substituents is 1. The summed E-state index contributed by atoms with van der Waals surface area (Å²) >= 11 is 5.95. The van der Waals surface area contributed by atoms with Crippen molar-refractivity contribution >= 4 is 17.6 Å². The highest BCUT2D eigenvalue weighted by molar-refractivity contribution is 6.30. The maximum atomic E-state index is 12.8. The van der Waals surface area contributed by atoms with Gasteiger partial charge in [-0.15, -0.1) is 0 Å². The van der Waals surface area contributed by atoms with Crippen LogP contribution in [0, 0.1) is 27.7 Å². The van der Waals surface area contributed by atoms with E-state index in [0.717, 1.165) is 11.1 Å². The van der Waals surface area contributed by atoms with Gasteiger partial charge in [0.25, 0.3) is 0 Å². The van der Waals surface area contributed by atoms with Gasteiger partial charge in [0.15, 0.2) is 11.5 Å². The molecule has 0 saturated carbocycles. The normalized spacial score (nSPS) is 10.7. The second-order valence-corrected chi connectivity index (χ2v) is 8.56. The predicted molar refractivity (Wildman–Crippen MR) is 133 cm³/mol. The molecule has 0 radical (unpaired) electrons. The van der Waals surface area contributed by atoms with E-state index in [0.29, 0.717) is 38.8 Å². The number of hydrogen-bond acceptors (Lipinski definition) is 7. The van der Waals surface area contributed by atoms with Crippen molar-refractivity contribution in [1.82, 2.24) is 0 Å². The molecule has 0 aliphatic heterocycles. The van der Waals surface area contributed by atoms with Crippen molar-refractivity contribution in [3.8, 4) is 28.7 Å². The minimum Gasteiger partial charge on any atom is -0.504 e. The van der Waals surface area contributed by atoms with E-state index in [1.165, 1.54) is 7.11 Å². The third-order valence-electron chi connectivity index (χ3n) is 5.93. The second-order valence-electron chi connectivity index (χ2n) is 8.13. The summed E-state index contributed by atoms with van der Waals surface area (Å²) in [6.45, 7) is 6.74. The zero-order chi connectivity index (χ0) is 25.9. The van der Waals surface area contributed by atoms with E-state index in [9.17, 15) is 15.0 Å². The molecular weight excluding hydrogens is 472 g/mol. The molecule has 0 aliphatic rings. The lowest BCUT2D eigenvalue weighted by Gasteiger charge is -2.23. The largest absolute Gasteiger partial charge is 0.504 e. The van der Waals surface area contributed by atoms with E-state index < -0.39 is 5.97 Å². The number of aromatic hydroxyl groups is 1. The minimum atomic E-state index is -0.637. The SMILES string of the molecule is COC(=O)c1c(C)c(Oc2c(C)c(OC)cc(C)c2CO)c(O)c(C)c1OCc1ccc(Cl)cc1. The van der Waals surface area contributed by atoms with E-state index >= 15 is 0 Å². The molecule has 0 aliphatic carbocycles. The number of aliphatic hydroxyl groups excluding tert-OH is 1. The molecule has 0 atom stereocenters. The topological polar surface area (TPSA) is 94.5 Å². The molecule has 3 rings (SSSR count). The number of carbonyl (C=O) groups excluding carboxylic acids is 1. The van der Waals surface area contributed by atoms with Crippen LogP contribution >= 0.6 is 11.6 Å². The van der Waals surface area contributed by atoms with Crippen LogP contribution in [0.15, 0.2) is 30.3 Å². The third kappa shape index (κ3) is 5.16. The molecule has 2 N–H and O–H groups in total. The molecule has 0 unspecified atom stereocenters. The van der Waals surface area contributed by atoms with Gasteiger partial charge in [0.05, 0.1) is 20.8 Å². The van der Waals surface area contributed by atoms with Crippen LogP contribution in [0.1, 0.15) is 43.7 Å². The van der Waals surface area contributed by atoms with E-state index in [1.807, 2.05) is 19.1 Å². The van der Waals surface area contributed by atoms with Crippen LogP contribution in [0.5, 0.6) is 28.7 Å². The Labute approximate surface area is 209 Å². The summed E-state index contributed by atoms with van der Waals surface area (Å²) in [5, 5.41) is 21.7. The van der Waals surface area contributed by atoms with Gasteiger partial charge in [-0.3, -0.25) is 0 Å². The standard InChI is InChI=1S/C27H29ClO7/c1-14-11-21(32-5)15(2)24(20(14)12-29)35-26-16(3)22(27(31)33-6)25(17(4)23(26)30)34-13-18-7-9-19(28)10-8-18/h7-11,29-30H,12-13H2,1-6H3. The summed E-state index contributed by atoms with van der Waals surface area (Å²) < 4.78 is 22.6. The highest BCUT2D eigenvalue weighted by Crippen LogP contribution is 2.47. The van der Waals surface area contributed by atoms with Crippen LogP contribution in [0.4, 0.5) is 0 Å². The molecule has 0 heterocycles. The summed E-state index contributed by atoms with van der Waals surface area (Å²) in [6.07, 6.45) is 0. The summed E-state index contributed by atoms with van der Waals surface area (Å²) in [5.74, 6) is 0.335. The Morgan fingerprint density at radius 1 is 0.943 bits per heavy atom. The predicted octanol–water partition coefficient (Wildman–Crippen LogP) is 5.94. The number of hydrogen-bond donors (Lipinski definition) is 2. The van der Waals surface area contributed by atoms with Crippen LogP contribution in [0.3, 0.4) is 0 Å². The Morgan fingerprint density at radius 2 is 1.60 bits per heavy atom. The first-order chi connectivity index (χ1) is 16.6. The fourth-order valence-corrected chi connectivity index (χ4v) is 4.00. The van der Waals surface area contributed by atoms with Crippen LogP contribution in [-0.2, 0) is 18.0 Å². The van der Waals surface area contributed by atoms with Crippen molar-refractivity contribution < 1.29 is 34.0 Å². The summed E-state index contributed by atoms with van der Waals surface area (Å²) in [6, 6.07) is 8.91. The van der Waals surface area contributed by atoms with Gasteiger partial charge in [0.1, 0.15) is 29.4 Å². The number of aliphatic hydroxyl groups is 1. The molecular formula is C27H29ClO7. The Kier molecular flexibility index (Phi) is 8.14. The number of carbonyl (C=O) groups is 1. The quantitative estimate of drug-likeness (QED) is 0.370. The summed E-state index contributed by atoms with van der Waals surface area (Å²) in [4.78, 5) is 12.8. The first-order valence-electron chi connectivity index (χ1n) is 10.9. The van der Waals surface area contributed by atoms with Gasteiger partial charge in [0.2, 0.25) is 0 Å². The molecule has 0 fully saturated rings. The lowest BCUT2D eigenvalue weighted by molar-refractivity contribution is 0.0593. The number of ether oxygens (including phenoxy) is 4. The van der Waals surface area contributed by atoms with Gasteiger partial charge in [-0.25, -0.2) is 4.79 Å². The number of halogens is 1. The Balaban J connectivity index is 2.14. The number of methoxy groups -OCH3 is 2. The molecule has 8 heteroatoms. The molecule has 7 nitrogen and oxygen atoms in total. The average molecular weight is 501 g/mol. The van der Waals surface area contributed by atoms with Crippen molar-refractivity contribution in [2.45, 2.75) is 40.9 Å². The van der Waals surface area contributed by atoms with Gasteiger partial charge >= 0.3 is 5.97 Å². The minimum absolute atomic E-state index is 0.0622. The van der Waals surface area contributed by atoms with Gasteiger partial charge in [-0.1, -0.05) is 23.7 Å². The fourth-order valence-electron chi connectivity index (χ4n) is 3.87. The van der Waals surface area contributed by atoms with E-state index in [2.05, 4.69) is 0 Å². The lowest BCUT2D eigenvalue weighted by Crippen LogP contribution is -2.11. The molecule has 0 saturated heterocycles. The molecule has 0 bridgehead atoms. The molecule has 0 amide bonds.